The van der Waals surface area contributed by atoms with Crippen molar-refractivity contribution in [3.63, 3.8) is 0 Å². The highest BCUT2D eigenvalue weighted by Crippen LogP contribution is 2.42. The van der Waals surface area contributed by atoms with E-state index in [1.807, 2.05) is 0 Å². The predicted octanol–water partition coefficient (Wildman–Crippen LogP) is 0.0159. The van der Waals surface area contributed by atoms with Crippen molar-refractivity contribution < 1.29 is 8.42 Å². The molecule has 0 amide bonds. The second kappa shape index (κ2) is 2.70. The summed E-state index contributed by atoms with van der Waals surface area (Å²) in [6.45, 7) is 0.671. The Morgan fingerprint density at radius 1 is 1.17 bits per heavy atom. The van der Waals surface area contributed by atoms with E-state index in [1.165, 1.54) is 0 Å². The molecule has 3 nitrogen and oxygen atoms in total. The lowest BCUT2D eigenvalue weighted by atomic mass is 9.91. The minimum Gasteiger partial charge on any atom is -0.330 e. The van der Waals surface area contributed by atoms with Crippen LogP contribution in [0.2, 0.25) is 0 Å². The summed E-state index contributed by atoms with van der Waals surface area (Å²) in [5.41, 5.74) is 5.62. The topological polar surface area (TPSA) is 60.2 Å². The van der Waals surface area contributed by atoms with Gasteiger partial charge in [-0.05, 0) is 37.1 Å². The summed E-state index contributed by atoms with van der Waals surface area (Å²) in [6.07, 6.45) is 2.15. The first-order valence-electron chi connectivity index (χ1n) is 4.53. The molecule has 4 heteroatoms. The zero-order chi connectivity index (χ0) is 8.77. The van der Waals surface area contributed by atoms with Crippen LogP contribution in [0.1, 0.15) is 12.8 Å². The Morgan fingerprint density at radius 2 is 1.67 bits per heavy atom. The molecule has 2 N–H and O–H groups in total. The van der Waals surface area contributed by atoms with Crippen LogP contribution >= 0.6 is 0 Å². The number of fused-ring (bicyclic) bond motifs is 2. The summed E-state index contributed by atoms with van der Waals surface area (Å²) in [7, 11) is -2.72. The minimum absolute atomic E-state index is 0.374. The van der Waals surface area contributed by atoms with E-state index in [0.717, 1.165) is 12.8 Å². The molecule has 1 aliphatic heterocycles. The molecule has 2 rings (SSSR count). The predicted molar refractivity (Wildman–Crippen MR) is 47.4 cm³/mol. The highest BCUT2D eigenvalue weighted by molar-refractivity contribution is 7.91. The average molecular weight is 189 g/mol. The van der Waals surface area contributed by atoms with Crippen LogP contribution in [0, 0.1) is 17.8 Å². The Morgan fingerprint density at radius 3 is 2.08 bits per heavy atom. The van der Waals surface area contributed by atoms with Crippen LogP contribution in [0.25, 0.3) is 0 Å². The standard InChI is InChI=1S/C8H15NO2S/c9-3-8-6-1-2-7(8)5-12(10,11)4-6/h6-8H,1-5,9H2. The summed E-state index contributed by atoms with van der Waals surface area (Å²) in [5, 5.41) is 0. The van der Waals surface area contributed by atoms with Crippen LogP contribution in [0.5, 0.6) is 0 Å². The van der Waals surface area contributed by atoms with Gasteiger partial charge in [0.2, 0.25) is 0 Å². The van der Waals surface area contributed by atoms with E-state index in [0.29, 0.717) is 35.8 Å². The summed E-state index contributed by atoms with van der Waals surface area (Å²) in [6, 6.07) is 0. The normalized spacial score (nSPS) is 44.6. The molecule has 1 heterocycles. The lowest BCUT2D eigenvalue weighted by Gasteiger charge is -2.28. The molecule has 0 radical (unpaired) electrons. The Hall–Kier alpha value is -0.0900. The van der Waals surface area contributed by atoms with Gasteiger partial charge in [-0.25, -0.2) is 8.42 Å². The van der Waals surface area contributed by atoms with Crippen LogP contribution in [0.3, 0.4) is 0 Å². The molecule has 0 aromatic rings. The van der Waals surface area contributed by atoms with Gasteiger partial charge in [0.15, 0.2) is 9.84 Å². The number of hydrogen-bond donors (Lipinski definition) is 1. The highest BCUT2D eigenvalue weighted by atomic mass is 32.2. The summed E-state index contributed by atoms with van der Waals surface area (Å²) < 4.78 is 22.7. The minimum atomic E-state index is -2.72. The van der Waals surface area contributed by atoms with Gasteiger partial charge >= 0.3 is 0 Å². The molecule has 1 saturated heterocycles. The van der Waals surface area contributed by atoms with Crippen molar-refractivity contribution in [2.45, 2.75) is 12.8 Å². The molecule has 70 valence electrons. The van der Waals surface area contributed by atoms with E-state index in [9.17, 15) is 8.42 Å². The second-order valence-corrected chi connectivity index (χ2v) is 6.23. The molecular weight excluding hydrogens is 174 g/mol. The van der Waals surface area contributed by atoms with Gasteiger partial charge in [-0.15, -0.1) is 0 Å². The highest BCUT2D eigenvalue weighted by Gasteiger charge is 2.43. The first kappa shape index (κ1) is 8.51. The van der Waals surface area contributed by atoms with E-state index in [2.05, 4.69) is 0 Å². The van der Waals surface area contributed by atoms with Crippen molar-refractivity contribution >= 4 is 9.84 Å². The quantitative estimate of drug-likeness (QED) is 0.632. The van der Waals surface area contributed by atoms with Gasteiger partial charge in [0.05, 0.1) is 11.5 Å². The van der Waals surface area contributed by atoms with Crippen molar-refractivity contribution in [3.05, 3.63) is 0 Å². The Bertz CT molecular complexity index is 253. The maximum Gasteiger partial charge on any atom is 0.150 e. The second-order valence-electron chi connectivity index (χ2n) is 4.07. The molecule has 2 aliphatic rings. The van der Waals surface area contributed by atoms with Crippen LogP contribution in [0.4, 0.5) is 0 Å². The van der Waals surface area contributed by atoms with Crippen molar-refractivity contribution in [3.8, 4) is 0 Å². The lowest BCUT2D eigenvalue weighted by molar-refractivity contribution is 0.340. The summed E-state index contributed by atoms with van der Waals surface area (Å²) in [4.78, 5) is 0. The molecule has 2 fully saturated rings. The van der Waals surface area contributed by atoms with E-state index >= 15 is 0 Å². The molecular formula is C8H15NO2S. The van der Waals surface area contributed by atoms with Crippen LogP contribution in [-0.4, -0.2) is 26.5 Å². The zero-order valence-corrected chi connectivity index (χ0v) is 7.89. The molecule has 0 aromatic carbocycles. The first-order valence-corrected chi connectivity index (χ1v) is 6.35. The smallest absolute Gasteiger partial charge is 0.150 e. The van der Waals surface area contributed by atoms with Gasteiger partial charge in [0.1, 0.15) is 0 Å². The molecule has 2 bridgehead atoms. The number of nitrogens with two attached hydrogens (primary N) is 1. The molecule has 2 atom stereocenters. The molecule has 12 heavy (non-hydrogen) atoms. The molecule has 0 spiro atoms. The zero-order valence-electron chi connectivity index (χ0n) is 7.07. The van der Waals surface area contributed by atoms with Gasteiger partial charge < -0.3 is 5.73 Å². The maximum atomic E-state index is 11.3. The molecule has 1 saturated carbocycles. The first-order chi connectivity index (χ1) is 5.62. The third-order valence-electron chi connectivity index (χ3n) is 3.33. The SMILES string of the molecule is NCC1C2CCC1CS(=O)(=O)C2. The molecule has 0 aromatic heterocycles. The van der Waals surface area contributed by atoms with Crippen molar-refractivity contribution in [1.29, 1.82) is 0 Å². The Labute approximate surface area is 73.2 Å². The Kier molecular flexibility index (Phi) is 1.92. The van der Waals surface area contributed by atoms with Crippen LogP contribution < -0.4 is 5.73 Å². The molecule has 1 aliphatic carbocycles. The van der Waals surface area contributed by atoms with Crippen LogP contribution in [0.15, 0.2) is 0 Å². The van der Waals surface area contributed by atoms with Crippen molar-refractivity contribution in [2.75, 3.05) is 18.1 Å². The van der Waals surface area contributed by atoms with Crippen molar-refractivity contribution in [2.24, 2.45) is 23.5 Å². The largest absolute Gasteiger partial charge is 0.330 e. The third kappa shape index (κ3) is 1.27. The van der Waals surface area contributed by atoms with Gasteiger partial charge in [0, 0.05) is 0 Å². The van der Waals surface area contributed by atoms with E-state index in [-0.39, 0.29) is 0 Å². The van der Waals surface area contributed by atoms with Gasteiger partial charge in [-0.1, -0.05) is 0 Å². The van der Waals surface area contributed by atoms with Gasteiger partial charge in [-0.3, -0.25) is 0 Å². The fourth-order valence-corrected chi connectivity index (χ4v) is 5.03. The lowest BCUT2D eigenvalue weighted by Crippen LogP contribution is -2.37. The third-order valence-corrected chi connectivity index (χ3v) is 5.20. The molecule has 2 unspecified atom stereocenters. The van der Waals surface area contributed by atoms with Crippen LogP contribution in [-0.2, 0) is 9.84 Å². The average Bonchev–Trinajstić information content (AvgIpc) is 2.23. The van der Waals surface area contributed by atoms with Gasteiger partial charge in [0.25, 0.3) is 0 Å². The van der Waals surface area contributed by atoms with E-state index in [4.69, 9.17) is 5.73 Å². The Balaban J connectivity index is 2.22. The summed E-state index contributed by atoms with van der Waals surface area (Å²) in [5.74, 6) is 2.03. The monoisotopic (exact) mass is 189 g/mol. The fourth-order valence-electron chi connectivity index (χ4n) is 2.76. The van der Waals surface area contributed by atoms with Crippen molar-refractivity contribution in [1.82, 2.24) is 0 Å². The number of hydrogen-bond acceptors (Lipinski definition) is 3. The fraction of sp³-hybridized carbons (Fsp3) is 1.00. The maximum absolute atomic E-state index is 11.3. The number of sulfone groups is 1. The van der Waals surface area contributed by atoms with Gasteiger partial charge in [-0.2, -0.15) is 0 Å². The van der Waals surface area contributed by atoms with E-state index < -0.39 is 9.84 Å². The summed E-state index contributed by atoms with van der Waals surface area (Å²) >= 11 is 0. The van der Waals surface area contributed by atoms with E-state index in [1.54, 1.807) is 0 Å². The number of rotatable bonds is 1.